The van der Waals surface area contributed by atoms with Crippen molar-refractivity contribution in [3.63, 3.8) is 0 Å². The number of hydrogen-bond acceptors (Lipinski definition) is 2. The van der Waals surface area contributed by atoms with Crippen LogP contribution in [-0.4, -0.2) is 35.7 Å². The lowest BCUT2D eigenvalue weighted by Crippen LogP contribution is -2.41. The topological polar surface area (TPSA) is 52.6 Å². The molecule has 0 saturated carbocycles. The first kappa shape index (κ1) is 15.8. The summed E-state index contributed by atoms with van der Waals surface area (Å²) in [7, 11) is 0. The molecule has 1 heterocycles. The first-order valence-corrected chi connectivity index (χ1v) is 7.81. The molecule has 1 fully saturated rings. The maximum Gasteiger partial charge on any atom is 0.317 e. The molecule has 1 aliphatic heterocycles. The van der Waals surface area contributed by atoms with Crippen molar-refractivity contribution in [1.29, 1.82) is 0 Å². The van der Waals surface area contributed by atoms with Crippen molar-refractivity contribution in [2.45, 2.75) is 32.7 Å². The van der Waals surface area contributed by atoms with E-state index in [1.165, 1.54) is 0 Å². The van der Waals surface area contributed by atoms with Crippen LogP contribution >= 0.6 is 0 Å². The van der Waals surface area contributed by atoms with Gasteiger partial charge < -0.3 is 15.3 Å². The highest BCUT2D eigenvalue weighted by Crippen LogP contribution is 2.22. The molecule has 0 radical (unpaired) electrons. The minimum absolute atomic E-state index is 0.0135. The molecule has 116 valence electrons. The third-order valence-electron chi connectivity index (χ3n) is 4.04. The summed E-state index contributed by atoms with van der Waals surface area (Å²) < 4.78 is 0. The molecule has 2 amide bonds. The minimum atomic E-state index is -0.0135. The van der Waals surface area contributed by atoms with Crippen LogP contribution in [-0.2, 0) is 0 Å². The summed E-state index contributed by atoms with van der Waals surface area (Å²) in [6.45, 7) is 5.89. The van der Waals surface area contributed by atoms with Gasteiger partial charge in [-0.3, -0.25) is 0 Å². The number of carbonyl (C=O) groups excluding carboxylic acids is 1. The molecule has 2 unspecified atom stereocenters. The number of aliphatic hydroxyl groups is 1. The normalized spacial score (nSPS) is 19.8. The summed E-state index contributed by atoms with van der Waals surface area (Å²) in [5, 5.41) is 12.3. The Morgan fingerprint density at radius 2 is 2.10 bits per heavy atom. The largest absolute Gasteiger partial charge is 0.396 e. The average molecular weight is 290 g/mol. The summed E-state index contributed by atoms with van der Waals surface area (Å²) in [5.41, 5.74) is 1.15. The third-order valence-corrected chi connectivity index (χ3v) is 4.04. The summed E-state index contributed by atoms with van der Waals surface area (Å²) in [6.07, 6.45) is 1.82. The maximum atomic E-state index is 12.4. The molecule has 1 aromatic carbocycles. The molecule has 0 bridgehead atoms. The van der Waals surface area contributed by atoms with E-state index < -0.39 is 0 Å². The monoisotopic (exact) mass is 290 g/mol. The number of nitrogens with zero attached hydrogens (tertiary/aromatic N) is 1. The van der Waals surface area contributed by atoms with Crippen LogP contribution in [0.15, 0.2) is 30.3 Å². The molecular weight excluding hydrogens is 264 g/mol. The van der Waals surface area contributed by atoms with Crippen LogP contribution in [0.3, 0.4) is 0 Å². The van der Waals surface area contributed by atoms with Crippen molar-refractivity contribution in [1.82, 2.24) is 10.2 Å². The van der Waals surface area contributed by atoms with Crippen LogP contribution in [0.4, 0.5) is 4.79 Å². The molecule has 1 aromatic rings. The second kappa shape index (κ2) is 7.46. The number of aliphatic hydroxyl groups excluding tert-OH is 1. The van der Waals surface area contributed by atoms with Crippen LogP contribution in [0.2, 0.25) is 0 Å². The highest BCUT2D eigenvalue weighted by Gasteiger charge is 2.27. The number of likely N-dealkylation sites (tertiary alicyclic amines) is 1. The molecule has 21 heavy (non-hydrogen) atoms. The van der Waals surface area contributed by atoms with E-state index in [0.29, 0.717) is 12.5 Å². The van der Waals surface area contributed by atoms with E-state index in [1.54, 1.807) is 0 Å². The van der Waals surface area contributed by atoms with Gasteiger partial charge in [0.05, 0.1) is 6.04 Å². The van der Waals surface area contributed by atoms with Crippen molar-refractivity contribution < 1.29 is 9.90 Å². The van der Waals surface area contributed by atoms with Gasteiger partial charge in [0.25, 0.3) is 0 Å². The Kier molecular flexibility index (Phi) is 5.62. The molecule has 0 aromatic heterocycles. The Balaban J connectivity index is 2.00. The maximum absolute atomic E-state index is 12.4. The third kappa shape index (κ3) is 4.46. The number of rotatable bonds is 5. The van der Waals surface area contributed by atoms with E-state index >= 15 is 0 Å². The SMILES string of the molecule is CC(C)CC(NC(=O)N1CCC(CO)C1)c1ccccc1. The molecule has 1 saturated heterocycles. The predicted octanol–water partition coefficient (Wildman–Crippen LogP) is 2.80. The summed E-state index contributed by atoms with van der Waals surface area (Å²) in [5.74, 6) is 0.746. The van der Waals surface area contributed by atoms with Gasteiger partial charge in [0.2, 0.25) is 0 Å². The van der Waals surface area contributed by atoms with Gasteiger partial charge in [-0.25, -0.2) is 4.79 Å². The van der Waals surface area contributed by atoms with E-state index in [9.17, 15) is 9.90 Å². The number of nitrogens with one attached hydrogen (secondary N) is 1. The van der Waals surface area contributed by atoms with Crippen molar-refractivity contribution in [2.24, 2.45) is 11.8 Å². The van der Waals surface area contributed by atoms with Crippen molar-refractivity contribution in [2.75, 3.05) is 19.7 Å². The summed E-state index contributed by atoms with van der Waals surface area (Å²) in [6, 6.07) is 10.2. The second-order valence-corrected chi connectivity index (χ2v) is 6.33. The zero-order chi connectivity index (χ0) is 15.2. The smallest absolute Gasteiger partial charge is 0.317 e. The molecule has 4 heteroatoms. The highest BCUT2D eigenvalue weighted by atomic mass is 16.3. The lowest BCUT2D eigenvalue weighted by Gasteiger charge is -2.25. The quantitative estimate of drug-likeness (QED) is 0.876. The van der Waals surface area contributed by atoms with Crippen LogP contribution in [0.1, 0.15) is 38.3 Å². The number of hydrogen-bond donors (Lipinski definition) is 2. The lowest BCUT2D eigenvalue weighted by molar-refractivity contribution is 0.193. The molecule has 2 rings (SSSR count). The Labute approximate surface area is 127 Å². The van der Waals surface area contributed by atoms with Gasteiger partial charge in [0.1, 0.15) is 0 Å². The van der Waals surface area contributed by atoms with Gasteiger partial charge in [-0.05, 0) is 24.3 Å². The van der Waals surface area contributed by atoms with Crippen molar-refractivity contribution in [3.05, 3.63) is 35.9 Å². The van der Waals surface area contributed by atoms with Gasteiger partial charge in [-0.2, -0.15) is 0 Å². The number of carbonyl (C=O) groups is 1. The molecule has 0 aliphatic carbocycles. The summed E-state index contributed by atoms with van der Waals surface area (Å²) in [4.78, 5) is 14.2. The van der Waals surface area contributed by atoms with Crippen molar-refractivity contribution >= 4 is 6.03 Å². The molecule has 1 aliphatic rings. The van der Waals surface area contributed by atoms with E-state index in [4.69, 9.17) is 0 Å². The Morgan fingerprint density at radius 3 is 2.67 bits per heavy atom. The fraction of sp³-hybridized carbons (Fsp3) is 0.588. The van der Waals surface area contributed by atoms with E-state index in [-0.39, 0.29) is 24.6 Å². The van der Waals surface area contributed by atoms with E-state index in [2.05, 4.69) is 31.3 Å². The number of benzene rings is 1. The molecular formula is C17H26N2O2. The van der Waals surface area contributed by atoms with Crippen LogP contribution in [0, 0.1) is 11.8 Å². The zero-order valence-corrected chi connectivity index (χ0v) is 13.0. The Bertz CT molecular complexity index is 447. The van der Waals surface area contributed by atoms with E-state index in [0.717, 1.165) is 24.9 Å². The van der Waals surface area contributed by atoms with Gasteiger partial charge in [0, 0.05) is 25.6 Å². The molecule has 0 spiro atoms. The number of amides is 2. The van der Waals surface area contributed by atoms with Crippen molar-refractivity contribution in [3.8, 4) is 0 Å². The first-order chi connectivity index (χ1) is 10.1. The fourth-order valence-electron chi connectivity index (χ4n) is 2.84. The standard InChI is InChI=1S/C17H26N2O2/c1-13(2)10-16(15-6-4-3-5-7-15)18-17(21)19-9-8-14(11-19)12-20/h3-7,13-14,16,20H,8-12H2,1-2H3,(H,18,21). The molecule has 4 nitrogen and oxygen atoms in total. The van der Waals surface area contributed by atoms with E-state index in [1.807, 2.05) is 23.1 Å². The Hall–Kier alpha value is -1.55. The number of urea groups is 1. The predicted molar refractivity (Wildman–Crippen MR) is 83.9 cm³/mol. The van der Waals surface area contributed by atoms with Crippen LogP contribution in [0.25, 0.3) is 0 Å². The Morgan fingerprint density at radius 1 is 1.38 bits per heavy atom. The van der Waals surface area contributed by atoms with Gasteiger partial charge in [-0.15, -0.1) is 0 Å². The van der Waals surface area contributed by atoms with Crippen LogP contribution in [0.5, 0.6) is 0 Å². The average Bonchev–Trinajstić information content (AvgIpc) is 2.96. The zero-order valence-electron chi connectivity index (χ0n) is 13.0. The summed E-state index contributed by atoms with van der Waals surface area (Å²) >= 11 is 0. The van der Waals surface area contributed by atoms with Crippen LogP contribution < -0.4 is 5.32 Å². The molecule has 2 N–H and O–H groups in total. The second-order valence-electron chi connectivity index (χ2n) is 6.33. The fourth-order valence-corrected chi connectivity index (χ4v) is 2.84. The highest BCUT2D eigenvalue weighted by molar-refractivity contribution is 5.75. The minimum Gasteiger partial charge on any atom is -0.396 e. The van der Waals surface area contributed by atoms with Gasteiger partial charge in [-0.1, -0.05) is 44.2 Å². The molecule has 2 atom stereocenters. The lowest BCUT2D eigenvalue weighted by atomic mass is 9.97. The first-order valence-electron chi connectivity index (χ1n) is 7.81. The van der Waals surface area contributed by atoms with Gasteiger partial charge >= 0.3 is 6.03 Å². The van der Waals surface area contributed by atoms with Gasteiger partial charge in [0.15, 0.2) is 0 Å².